The number of nitrogens with two attached hydrogens (primary N) is 1. The van der Waals surface area contributed by atoms with E-state index in [1.807, 2.05) is 26.8 Å². The predicted molar refractivity (Wildman–Crippen MR) is 89.4 cm³/mol. The number of nitrogens with one attached hydrogen (secondary N) is 1. The summed E-state index contributed by atoms with van der Waals surface area (Å²) >= 11 is 5.94. The van der Waals surface area contributed by atoms with Crippen molar-refractivity contribution in [1.82, 2.24) is 5.32 Å². The first-order valence-corrected chi connectivity index (χ1v) is 7.24. The van der Waals surface area contributed by atoms with Crippen molar-refractivity contribution in [3.63, 3.8) is 0 Å². The SMILES string of the molecule is CCC(CC)(CN)NC(=O)COc1ccc(Cl)c(C)c1.Cl. The fourth-order valence-electron chi connectivity index (χ4n) is 1.95. The molecule has 120 valence electrons. The summed E-state index contributed by atoms with van der Waals surface area (Å²) in [5.74, 6) is 0.472. The van der Waals surface area contributed by atoms with E-state index < -0.39 is 0 Å². The Bertz CT molecular complexity index is 455. The van der Waals surface area contributed by atoms with Crippen LogP contribution in [0.5, 0.6) is 5.75 Å². The van der Waals surface area contributed by atoms with E-state index >= 15 is 0 Å². The summed E-state index contributed by atoms with van der Waals surface area (Å²) in [6.45, 7) is 6.32. The van der Waals surface area contributed by atoms with Crippen LogP contribution in [0.3, 0.4) is 0 Å². The number of halogens is 2. The highest BCUT2D eigenvalue weighted by molar-refractivity contribution is 6.31. The van der Waals surface area contributed by atoms with Crippen molar-refractivity contribution in [1.29, 1.82) is 0 Å². The Morgan fingerprint density at radius 3 is 2.48 bits per heavy atom. The number of aryl methyl sites for hydroxylation is 1. The van der Waals surface area contributed by atoms with Gasteiger partial charge in [-0.3, -0.25) is 4.79 Å². The van der Waals surface area contributed by atoms with E-state index in [9.17, 15) is 4.79 Å². The highest BCUT2D eigenvalue weighted by Crippen LogP contribution is 2.21. The minimum absolute atomic E-state index is 0. The zero-order chi connectivity index (χ0) is 15.2. The number of benzene rings is 1. The van der Waals surface area contributed by atoms with Gasteiger partial charge in [0.25, 0.3) is 5.91 Å². The second kappa shape index (κ2) is 9.13. The topological polar surface area (TPSA) is 64.3 Å². The van der Waals surface area contributed by atoms with Gasteiger partial charge in [0.15, 0.2) is 6.61 Å². The molecule has 0 bridgehead atoms. The normalized spacial score (nSPS) is 10.7. The molecule has 1 amide bonds. The summed E-state index contributed by atoms with van der Waals surface area (Å²) < 4.78 is 5.47. The lowest BCUT2D eigenvalue weighted by molar-refractivity contribution is -0.125. The summed E-state index contributed by atoms with van der Waals surface area (Å²) in [5.41, 5.74) is 6.33. The van der Waals surface area contributed by atoms with Gasteiger partial charge in [0.05, 0.1) is 5.54 Å². The van der Waals surface area contributed by atoms with Crippen molar-refractivity contribution in [2.45, 2.75) is 39.2 Å². The first-order chi connectivity index (χ1) is 9.46. The smallest absolute Gasteiger partial charge is 0.258 e. The molecule has 0 unspecified atom stereocenters. The monoisotopic (exact) mass is 334 g/mol. The lowest BCUT2D eigenvalue weighted by Crippen LogP contribution is -2.54. The Labute approximate surface area is 137 Å². The van der Waals surface area contributed by atoms with Crippen LogP contribution in [0, 0.1) is 6.92 Å². The molecule has 0 saturated heterocycles. The third-order valence-corrected chi connectivity index (χ3v) is 4.07. The van der Waals surface area contributed by atoms with Gasteiger partial charge in [0.2, 0.25) is 0 Å². The summed E-state index contributed by atoms with van der Waals surface area (Å²) in [7, 11) is 0. The number of hydrogen-bond donors (Lipinski definition) is 2. The molecule has 3 N–H and O–H groups in total. The first-order valence-electron chi connectivity index (χ1n) is 6.86. The molecule has 0 aliphatic heterocycles. The molecule has 6 heteroatoms. The van der Waals surface area contributed by atoms with Crippen molar-refractivity contribution < 1.29 is 9.53 Å². The molecular weight excluding hydrogens is 311 g/mol. The second-order valence-electron chi connectivity index (χ2n) is 4.94. The van der Waals surface area contributed by atoms with Crippen LogP contribution < -0.4 is 15.8 Å². The Kier molecular flexibility index (Phi) is 8.71. The van der Waals surface area contributed by atoms with Gasteiger partial charge in [0, 0.05) is 11.6 Å². The van der Waals surface area contributed by atoms with Gasteiger partial charge in [-0.2, -0.15) is 0 Å². The van der Waals surface area contributed by atoms with Crippen molar-refractivity contribution >= 4 is 29.9 Å². The fourth-order valence-corrected chi connectivity index (χ4v) is 2.07. The summed E-state index contributed by atoms with van der Waals surface area (Å²) in [6, 6.07) is 5.32. The lowest BCUT2D eigenvalue weighted by atomic mass is 9.93. The highest BCUT2D eigenvalue weighted by Gasteiger charge is 2.26. The van der Waals surface area contributed by atoms with Crippen LogP contribution in [0.4, 0.5) is 0 Å². The van der Waals surface area contributed by atoms with Gasteiger partial charge in [-0.1, -0.05) is 25.4 Å². The molecule has 0 aliphatic carbocycles. The molecule has 0 aliphatic rings. The third kappa shape index (κ3) is 5.73. The van der Waals surface area contributed by atoms with Crippen LogP contribution in [0.2, 0.25) is 5.02 Å². The molecule has 4 nitrogen and oxygen atoms in total. The van der Waals surface area contributed by atoms with E-state index in [4.69, 9.17) is 22.1 Å². The molecular formula is C15H24Cl2N2O2. The Hall–Kier alpha value is -0.970. The maximum absolute atomic E-state index is 11.9. The van der Waals surface area contributed by atoms with Crippen LogP contribution >= 0.6 is 24.0 Å². The number of amides is 1. The third-order valence-electron chi connectivity index (χ3n) is 3.65. The van der Waals surface area contributed by atoms with Crippen LogP contribution in [0.15, 0.2) is 18.2 Å². The molecule has 0 atom stereocenters. The molecule has 0 spiro atoms. The quantitative estimate of drug-likeness (QED) is 0.805. The van der Waals surface area contributed by atoms with E-state index in [0.717, 1.165) is 18.4 Å². The molecule has 1 rings (SSSR count). The lowest BCUT2D eigenvalue weighted by Gasteiger charge is -2.31. The largest absolute Gasteiger partial charge is 0.484 e. The minimum atomic E-state index is -0.337. The standard InChI is InChI=1S/C15H23ClN2O2.ClH/c1-4-15(5-2,10-17)18-14(19)9-20-12-6-7-13(16)11(3)8-12;/h6-8H,4-5,9-10,17H2,1-3H3,(H,18,19);1H. The predicted octanol–water partition coefficient (Wildman–Crippen LogP) is 3.08. The Morgan fingerprint density at radius 1 is 1.38 bits per heavy atom. The molecule has 0 aromatic heterocycles. The zero-order valence-corrected chi connectivity index (χ0v) is 14.3. The number of hydrogen-bond acceptors (Lipinski definition) is 3. The maximum Gasteiger partial charge on any atom is 0.258 e. The fraction of sp³-hybridized carbons (Fsp3) is 0.533. The van der Waals surface area contributed by atoms with Gasteiger partial charge >= 0.3 is 0 Å². The summed E-state index contributed by atoms with van der Waals surface area (Å²) in [4.78, 5) is 11.9. The molecule has 1 aromatic carbocycles. The van der Waals surface area contributed by atoms with Crippen LogP contribution in [-0.2, 0) is 4.79 Å². The van der Waals surface area contributed by atoms with E-state index in [0.29, 0.717) is 17.3 Å². The van der Waals surface area contributed by atoms with Gasteiger partial charge in [-0.15, -0.1) is 12.4 Å². The number of carbonyl (C=O) groups is 1. The summed E-state index contributed by atoms with van der Waals surface area (Å²) in [6.07, 6.45) is 1.59. The van der Waals surface area contributed by atoms with E-state index in [1.165, 1.54) is 0 Å². The van der Waals surface area contributed by atoms with Gasteiger partial charge in [0.1, 0.15) is 5.75 Å². The van der Waals surface area contributed by atoms with Crippen LogP contribution in [-0.4, -0.2) is 24.6 Å². The first kappa shape index (κ1) is 20.0. The maximum atomic E-state index is 11.9. The number of rotatable bonds is 7. The van der Waals surface area contributed by atoms with Crippen LogP contribution in [0.25, 0.3) is 0 Å². The number of ether oxygens (including phenoxy) is 1. The molecule has 1 aromatic rings. The van der Waals surface area contributed by atoms with Crippen molar-refractivity contribution in [3.05, 3.63) is 28.8 Å². The van der Waals surface area contributed by atoms with Crippen molar-refractivity contribution in [2.24, 2.45) is 5.73 Å². The average Bonchev–Trinajstić information content (AvgIpc) is 2.46. The molecule has 21 heavy (non-hydrogen) atoms. The zero-order valence-electron chi connectivity index (χ0n) is 12.7. The Morgan fingerprint density at radius 2 is 2.00 bits per heavy atom. The van der Waals surface area contributed by atoms with E-state index in [2.05, 4.69) is 5.32 Å². The molecule has 0 saturated carbocycles. The molecule has 0 heterocycles. The van der Waals surface area contributed by atoms with Gasteiger partial charge < -0.3 is 15.8 Å². The second-order valence-corrected chi connectivity index (χ2v) is 5.35. The Balaban J connectivity index is 0.00000400. The van der Waals surface area contributed by atoms with Crippen LogP contribution in [0.1, 0.15) is 32.3 Å². The minimum Gasteiger partial charge on any atom is -0.484 e. The van der Waals surface area contributed by atoms with Gasteiger partial charge in [-0.25, -0.2) is 0 Å². The summed E-state index contributed by atoms with van der Waals surface area (Å²) in [5, 5.41) is 3.64. The van der Waals surface area contributed by atoms with Crippen molar-refractivity contribution in [2.75, 3.05) is 13.2 Å². The van der Waals surface area contributed by atoms with Crippen molar-refractivity contribution in [3.8, 4) is 5.75 Å². The van der Waals surface area contributed by atoms with Gasteiger partial charge in [-0.05, 0) is 43.5 Å². The molecule has 0 fully saturated rings. The van der Waals surface area contributed by atoms with E-state index in [-0.39, 0.29) is 30.5 Å². The average molecular weight is 335 g/mol. The number of carbonyl (C=O) groups excluding carboxylic acids is 1. The highest BCUT2D eigenvalue weighted by atomic mass is 35.5. The van der Waals surface area contributed by atoms with E-state index in [1.54, 1.807) is 12.1 Å². The molecule has 0 radical (unpaired) electrons.